The molecule has 1 fully saturated rings. The molecule has 0 aliphatic heterocycles. The maximum absolute atomic E-state index is 6.39. The van der Waals surface area contributed by atoms with Gasteiger partial charge in [0.1, 0.15) is 5.75 Å². The normalized spacial score (nSPS) is 17.5. The SMILES string of the molecule is CC(c1ccccc1)C(N)c1ccc(OC2CC2)cc1. The summed E-state index contributed by atoms with van der Waals surface area (Å²) in [7, 11) is 0. The molecule has 2 aromatic carbocycles. The van der Waals surface area contributed by atoms with Crippen molar-refractivity contribution in [1.29, 1.82) is 0 Å². The van der Waals surface area contributed by atoms with Crippen LogP contribution >= 0.6 is 0 Å². The Morgan fingerprint density at radius 1 is 0.950 bits per heavy atom. The molecule has 2 atom stereocenters. The molecule has 2 N–H and O–H groups in total. The molecule has 2 aromatic rings. The third-order valence-electron chi connectivity index (χ3n) is 3.96. The highest BCUT2D eigenvalue weighted by molar-refractivity contribution is 5.32. The lowest BCUT2D eigenvalue weighted by Gasteiger charge is -2.21. The van der Waals surface area contributed by atoms with E-state index in [0.717, 1.165) is 11.3 Å². The van der Waals surface area contributed by atoms with Crippen LogP contribution in [0.15, 0.2) is 54.6 Å². The Labute approximate surface area is 120 Å². The summed E-state index contributed by atoms with van der Waals surface area (Å²) in [4.78, 5) is 0. The second kappa shape index (κ2) is 5.68. The zero-order valence-electron chi connectivity index (χ0n) is 11.8. The van der Waals surface area contributed by atoms with Crippen LogP contribution in [0.2, 0.25) is 0 Å². The van der Waals surface area contributed by atoms with Gasteiger partial charge in [-0.25, -0.2) is 0 Å². The zero-order chi connectivity index (χ0) is 13.9. The first-order valence-corrected chi connectivity index (χ1v) is 7.31. The topological polar surface area (TPSA) is 35.2 Å². The molecule has 2 unspecified atom stereocenters. The molecule has 0 amide bonds. The molecular weight excluding hydrogens is 246 g/mol. The first-order chi connectivity index (χ1) is 9.74. The van der Waals surface area contributed by atoms with Gasteiger partial charge in [0.05, 0.1) is 6.10 Å². The van der Waals surface area contributed by atoms with Crippen LogP contribution in [0.1, 0.15) is 42.9 Å². The predicted octanol–water partition coefficient (Wildman–Crippen LogP) is 4.03. The molecule has 20 heavy (non-hydrogen) atoms. The van der Waals surface area contributed by atoms with Crippen LogP contribution < -0.4 is 10.5 Å². The largest absolute Gasteiger partial charge is 0.490 e. The van der Waals surface area contributed by atoms with Crippen LogP contribution in [0.3, 0.4) is 0 Å². The van der Waals surface area contributed by atoms with E-state index in [0.29, 0.717) is 12.0 Å². The van der Waals surface area contributed by atoms with E-state index in [2.05, 4.69) is 43.3 Å². The van der Waals surface area contributed by atoms with E-state index in [-0.39, 0.29) is 6.04 Å². The molecule has 104 valence electrons. The van der Waals surface area contributed by atoms with Gasteiger partial charge in [-0.2, -0.15) is 0 Å². The van der Waals surface area contributed by atoms with Gasteiger partial charge in [-0.15, -0.1) is 0 Å². The van der Waals surface area contributed by atoms with Crippen molar-refractivity contribution in [2.24, 2.45) is 5.73 Å². The number of rotatable bonds is 5. The molecule has 0 radical (unpaired) electrons. The number of ether oxygens (including phenoxy) is 1. The van der Waals surface area contributed by atoms with Crippen molar-refractivity contribution in [2.75, 3.05) is 0 Å². The number of benzene rings is 2. The molecule has 1 aliphatic carbocycles. The molecule has 0 heterocycles. The summed E-state index contributed by atoms with van der Waals surface area (Å²) >= 11 is 0. The van der Waals surface area contributed by atoms with Crippen LogP contribution in [0.25, 0.3) is 0 Å². The minimum atomic E-state index is 0.00683. The van der Waals surface area contributed by atoms with Gasteiger partial charge in [-0.1, -0.05) is 49.4 Å². The number of nitrogens with two attached hydrogens (primary N) is 1. The van der Waals surface area contributed by atoms with E-state index in [1.807, 2.05) is 18.2 Å². The molecule has 0 saturated heterocycles. The average Bonchev–Trinajstić information content (AvgIpc) is 3.31. The van der Waals surface area contributed by atoms with Crippen molar-refractivity contribution < 1.29 is 4.74 Å². The van der Waals surface area contributed by atoms with Crippen LogP contribution in [0.4, 0.5) is 0 Å². The summed E-state index contributed by atoms with van der Waals surface area (Å²) in [5.74, 6) is 1.25. The van der Waals surface area contributed by atoms with Crippen molar-refractivity contribution in [1.82, 2.24) is 0 Å². The second-order valence-corrected chi connectivity index (χ2v) is 5.61. The van der Waals surface area contributed by atoms with Gasteiger partial charge >= 0.3 is 0 Å². The standard InChI is InChI=1S/C18H21NO/c1-13(14-5-3-2-4-6-14)18(19)15-7-9-16(10-8-15)20-17-11-12-17/h2-10,13,17-18H,11-12,19H2,1H3. The quantitative estimate of drug-likeness (QED) is 0.887. The number of hydrogen-bond donors (Lipinski definition) is 1. The van der Waals surface area contributed by atoms with E-state index in [4.69, 9.17) is 10.5 Å². The van der Waals surface area contributed by atoms with Gasteiger partial charge in [0, 0.05) is 12.0 Å². The highest BCUT2D eigenvalue weighted by Crippen LogP contribution is 2.31. The monoisotopic (exact) mass is 267 g/mol. The van der Waals surface area contributed by atoms with E-state index >= 15 is 0 Å². The third-order valence-corrected chi connectivity index (χ3v) is 3.96. The fourth-order valence-corrected chi connectivity index (χ4v) is 2.40. The van der Waals surface area contributed by atoms with Crippen molar-refractivity contribution >= 4 is 0 Å². The van der Waals surface area contributed by atoms with Crippen molar-refractivity contribution in [3.8, 4) is 5.75 Å². The highest BCUT2D eigenvalue weighted by Gasteiger charge is 2.23. The van der Waals surface area contributed by atoms with Gasteiger partial charge in [0.2, 0.25) is 0 Å². The van der Waals surface area contributed by atoms with Gasteiger partial charge in [-0.3, -0.25) is 0 Å². The highest BCUT2D eigenvalue weighted by atomic mass is 16.5. The summed E-state index contributed by atoms with van der Waals surface area (Å²) in [5, 5.41) is 0. The Morgan fingerprint density at radius 3 is 2.20 bits per heavy atom. The molecule has 0 spiro atoms. The Morgan fingerprint density at radius 2 is 1.60 bits per heavy atom. The van der Waals surface area contributed by atoms with E-state index < -0.39 is 0 Å². The average molecular weight is 267 g/mol. The smallest absolute Gasteiger partial charge is 0.119 e. The van der Waals surface area contributed by atoms with Gasteiger partial charge in [0.25, 0.3) is 0 Å². The van der Waals surface area contributed by atoms with E-state index in [1.54, 1.807) is 0 Å². The number of hydrogen-bond acceptors (Lipinski definition) is 2. The summed E-state index contributed by atoms with van der Waals surface area (Å²) in [6.45, 7) is 2.18. The lowest BCUT2D eigenvalue weighted by Crippen LogP contribution is -2.17. The van der Waals surface area contributed by atoms with Crippen LogP contribution in [-0.4, -0.2) is 6.10 Å². The fraction of sp³-hybridized carbons (Fsp3) is 0.333. The lowest BCUT2D eigenvalue weighted by molar-refractivity contribution is 0.303. The molecule has 3 rings (SSSR count). The predicted molar refractivity (Wildman–Crippen MR) is 81.9 cm³/mol. The molecule has 1 aliphatic rings. The molecule has 0 aromatic heterocycles. The molecular formula is C18H21NO. The minimum absolute atomic E-state index is 0.00683. The fourth-order valence-electron chi connectivity index (χ4n) is 2.40. The van der Waals surface area contributed by atoms with Crippen LogP contribution in [0.5, 0.6) is 5.75 Å². The second-order valence-electron chi connectivity index (χ2n) is 5.61. The maximum atomic E-state index is 6.39. The molecule has 2 heteroatoms. The van der Waals surface area contributed by atoms with Crippen molar-refractivity contribution in [3.05, 3.63) is 65.7 Å². The summed E-state index contributed by atoms with van der Waals surface area (Å²) in [6.07, 6.45) is 2.82. The first-order valence-electron chi connectivity index (χ1n) is 7.31. The van der Waals surface area contributed by atoms with Gasteiger partial charge in [-0.05, 0) is 36.1 Å². The Hall–Kier alpha value is -1.80. The van der Waals surface area contributed by atoms with Crippen LogP contribution in [-0.2, 0) is 0 Å². The van der Waals surface area contributed by atoms with E-state index in [1.165, 1.54) is 18.4 Å². The lowest BCUT2D eigenvalue weighted by atomic mass is 9.89. The van der Waals surface area contributed by atoms with Gasteiger partial charge < -0.3 is 10.5 Å². The van der Waals surface area contributed by atoms with E-state index in [9.17, 15) is 0 Å². The summed E-state index contributed by atoms with van der Waals surface area (Å²) in [5.41, 5.74) is 8.83. The zero-order valence-corrected chi connectivity index (χ0v) is 11.8. The molecule has 1 saturated carbocycles. The minimum Gasteiger partial charge on any atom is -0.490 e. The third kappa shape index (κ3) is 3.02. The van der Waals surface area contributed by atoms with Crippen molar-refractivity contribution in [2.45, 2.75) is 37.8 Å². The summed E-state index contributed by atoms with van der Waals surface area (Å²) in [6, 6.07) is 18.7. The Bertz CT molecular complexity index is 545. The summed E-state index contributed by atoms with van der Waals surface area (Å²) < 4.78 is 5.76. The van der Waals surface area contributed by atoms with Crippen molar-refractivity contribution in [3.63, 3.8) is 0 Å². The Kier molecular flexibility index (Phi) is 3.75. The Balaban J connectivity index is 1.71. The van der Waals surface area contributed by atoms with Gasteiger partial charge in [0.15, 0.2) is 0 Å². The van der Waals surface area contributed by atoms with Crippen LogP contribution in [0, 0.1) is 0 Å². The first kappa shape index (κ1) is 13.2. The maximum Gasteiger partial charge on any atom is 0.119 e. The molecule has 2 nitrogen and oxygen atoms in total. The molecule has 0 bridgehead atoms.